The van der Waals surface area contributed by atoms with E-state index in [4.69, 9.17) is 0 Å². The van der Waals surface area contributed by atoms with Crippen molar-refractivity contribution < 1.29 is 22.0 Å². The fraction of sp³-hybridized carbons (Fsp3) is 0.0952. The number of carbonyl (C=O) groups is 1. The number of hydrogen-bond acceptors (Lipinski definition) is 6. The van der Waals surface area contributed by atoms with Crippen LogP contribution >= 0.6 is 11.8 Å². The molecule has 0 atom stereocenters. The third-order valence-corrected chi connectivity index (χ3v) is 6.63. The highest BCUT2D eigenvalue weighted by molar-refractivity contribution is 7.99. The zero-order valence-electron chi connectivity index (χ0n) is 16.9. The van der Waals surface area contributed by atoms with Gasteiger partial charge in [-0.05, 0) is 54.6 Å². The molecule has 2 aromatic heterocycles. The SMILES string of the molecule is O=C(NCc1nnc2ccccn12)c1cccc(S(=O)(=O)Nc2ccc(SC(F)F)cc2)c1. The van der Waals surface area contributed by atoms with E-state index in [9.17, 15) is 22.0 Å². The van der Waals surface area contributed by atoms with Gasteiger partial charge in [0.25, 0.3) is 21.7 Å². The third-order valence-electron chi connectivity index (χ3n) is 4.53. The second kappa shape index (κ2) is 9.55. The Bertz CT molecular complexity index is 1390. The fourth-order valence-corrected chi connectivity index (χ4v) is 4.60. The topological polar surface area (TPSA) is 105 Å². The van der Waals surface area contributed by atoms with Crippen LogP contribution in [-0.2, 0) is 16.6 Å². The maximum Gasteiger partial charge on any atom is 0.288 e. The molecule has 2 heterocycles. The molecule has 0 saturated heterocycles. The van der Waals surface area contributed by atoms with E-state index in [1.54, 1.807) is 16.7 Å². The van der Waals surface area contributed by atoms with Crippen molar-refractivity contribution in [1.82, 2.24) is 19.9 Å². The molecule has 170 valence electrons. The molecule has 33 heavy (non-hydrogen) atoms. The van der Waals surface area contributed by atoms with Gasteiger partial charge in [-0.3, -0.25) is 13.9 Å². The summed E-state index contributed by atoms with van der Waals surface area (Å²) in [5, 5.41) is 10.7. The number of carbonyl (C=O) groups excluding carboxylic acids is 1. The number of alkyl halides is 2. The van der Waals surface area contributed by atoms with E-state index in [0.29, 0.717) is 28.1 Å². The van der Waals surface area contributed by atoms with Gasteiger partial charge in [0.05, 0.1) is 11.4 Å². The molecule has 4 rings (SSSR count). The van der Waals surface area contributed by atoms with Crippen LogP contribution in [0.3, 0.4) is 0 Å². The number of anilines is 1. The molecule has 0 aliphatic carbocycles. The van der Waals surface area contributed by atoms with Gasteiger partial charge in [-0.1, -0.05) is 23.9 Å². The lowest BCUT2D eigenvalue weighted by Crippen LogP contribution is -2.24. The van der Waals surface area contributed by atoms with E-state index < -0.39 is 21.7 Å². The number of aromatic nitrogens is 3. The van der Waals surface area contributed by atoms with Crippen molar-refractivity contribution in [2.45, 2.75) is 22.1 Å². The number of nitrogens with zero attached hydrogens (tertiary/aromatic N) is 3. The number of fused-ring (bicyclic) bond motifs is 1. The quantitative estimate of drug-likeness (QED) is 0.365. The molecule has 0 spiro atoms. The highest BCUT2D eigenvalue weighted by Crippen LogP contribution is 2.27. The van der Waals surface area contributed by atoms with Gasteiger partial charge in [0.2, 0.25) is 0 Å². The lowest BCUT2D eigenvalue weighted by Gasteiger charge is -2.10. The second-order valence-electron chi connectivity index (χ2n) is 6.76. The van der Waals surface area contributed by atoms with E-state index in [0.717, 1.165) is 0 Å². The van der Waals surface area contributed by atoms with Crippen LogP contribution in [0.1, 0.15) is 16.2 Å². The van der Waals surface area contributed by atoms with Gasteiger partial charge in [0.15, 0.2) is 11.5 Å². The Morgan fingerprint density at radius 2 is 1.82 bits per heavy atom. The number of benzene rings is 2. The first-order valence-corrected chi connectivity index (χ1v) is 11.9. The largest absolute Gasteiger partial charge is 0.345 e. The van der Waals surface area contributed by atoms with Crippen molar-refractivity contribution in [1.29, 1.82) is 0 Å². The number of halogens is 2. The molecule has 0 saturated carbocycles. The fourth-order valence-electron chi connectivity index (χ4n) is 3.00. The van der Waals surface area contributed by atoms with Gasteiger partial charge in [-0.2, -0.15) is 8.78 Å². The van der Waals surface area contributed by atoms with Crippen molar-refractivity contribution in [3.05, 3.63) is 84.3 Å². The van der Waals surface area contributed by atoms with Crippen molar-refractivity contribution in [2.75, 3.05) is 4.72 Å². The average Bonchev–Trinajstić information content (AvgIpc) is 3.21. The highest BCUT2D eigenvalue weighted by atomic mass is 32.2. The summed E-state index contributed by atoms with van der Waals surface area (Å²) >= 11 is 0.366. The lowest BCUT2D eigenvalue weighted by molar-refractivity contribution is 0.0949. The van der Waals surface area contributed by atoms with Crippen molar-refractivity contribution in [3.63, 3.8) is 0 Å². The Hall–Kier alpha value is -3.51. The molecule has 2 aromatic carbocycles. The van der Waals surface area contributed by atoms with Crippen LogP contribution in [0.25, 0.3) is 5.65 Å². The lowest BCUT2D eigenvalue weighted by atomic mass is 10.2. The zero-order valence-corrected chi connectivity index (χ0v) is 18.5. The Balaban J connectivity index is 1.45. The molecule has 2 N–H and O–H groups in total. The maximum absolute atomic E-state index is 12.7. The zero-order chi connectivity index (χ0) is 23.4. The molecule has 8 nitrogen and oxygen atoms in total. The summed E-state index contributed by atoms with van der Waals surface area (Å²) in [4.78, 5) is 12.8. The number of pyridine rings is 1. The van der Waals surface area contributed by atoms with Gasteiger partial charge < -0.3 is 5.32 Å². The van der Waals surface area contributed by atoms with Crippen LogP contribution in [0.4, 0.5) is 14.5 Å². The number of amides is 1. The van der Waals surface area contributed by atoms with Crippen molar-refractivity contribution in [3.8, 4) is 0 Å². The van der Waals surface area contributed by atoms with Crippen LogP contribution in [0, 0.1) is 0 Å². The minimum absolute atomic E-state index is 0.0994. The van der Waals surface area contributed by atoms with Crippen LogP contribution in [0.2, 0.25) is 0 Å². The summed E-state index contributed by atoms with van der Waals surface area (Å²) in [5.41, 5.74) is 0.999. The van der Waals surface area contributed by atoms with E-state index in [-0.39, 0.29) is 22.7 Å². The van der Waals surface area contributed by atoms with E-state index in [1.807, 2.05) is 12.1 Å². The summed E-state index contributed by atoms with van der Waals surface area (Å²) < 4.78 is 54.5. The van der Waals surface area contributed by atoms with Crippen LogP contribution in [-0.4, -0.2) is 34.7 Å². The smallest absolute Gasteiger partial charge is 0.288 e. The molecule has 0 aliphatic rings. The van der Waals surface area contributed by atoms with Crippen LogP contribution in [0.5, 0.6) is 0 Å². The van der Waals surface area contributed by atoms with Crippen LogP contribution in [0.15, 0.2) is 82.7 Å². The summed E-state index contributed by atoms with van der Waals surface area (Å²) in [7, 11) is -4.00. The third kappa shape index (κ3) is 5.46. The minimum Gasteiger partial charge on any atom is -0.345 e. The maximum atomic E-state index is 12.7. The Kier molecular flexibility index (Phi) is 6.56. The predicted molar refractivity (Wildman–Crippen MR) is 120 cm³/mol. The first kappa shape index (κ1) is 22.7. The molecule has 12 heteroatoms. The summed E-state index contributed by atoms with van der Waals surface area (Å²) in [6, 6.07) is 16.5. The number of sulfonamides is 1. The first-order chi connectivity index (χ1) is 15.8. The van der Waals surface area contributed by atoms with Gasteiger partial charge in [-0.15, -0.1) is 10.2 Å². The number of rotatable bonds is 8. The normalized spacial score (nSPS) is 11.6. The Labute approximate surface area is 192 Å². The van der Waals surface area contributed by atoms with Gasteiger partial charge >= 0.3 is 0 Å². The molecule has 0 unspecified atom stereocenters. The number of nitrogens with one attached hydrogen (secondary N) is 2. The van der Waals surface area contributed by atoms with Gasteiger partial charge in [0, 0.05) is 22.3 Å². The minimum atomic E-state index is -4.00. The summed E-state index contributed by atoms with van der Waals surface area (Å²) in [6.07, 6.45) is 1.77. The monoisotopic (exact) mass is 489 g/mol. The van der Waals surface area contributed by atoms with Crippen molar-refractivity contribution >= 4 is 39.0 Å². The van der Waals surface area contributed by atoms with Gasteiger partial charge in [0.1, 0.15) is 0 Å². The van der Waals surface area contributed by atoms with Crippen LogP contribution < -0.4 is 10.0 Å². The molecule has 0 radical (unpaired) electrons. The molecule has 0 bridgehead atoms. The van der Waals surface area contributed by atoms with Gasteiger partial charge in [-0.25, -0.2) is 8.42 Å². The Morgan fingerprint density at radius 1 is 1.03 bits per heavy atom. The van der Waals surface area contributed by atoms with Crippen molar-refractivity contribution in [2.24, 2.45) is 0 Å². The number of hydrogen-bond donors (Lipinski definition) is 2. The predicted octanol–water partition coefficient (Wildman–Crippen LogP) is 3.77. The summed E-state index contributed by atoms with van der Waals surface area (Å²) in [6.45, 7) is 0.0994. The summed E-state index contributed by atoms with van der Waals surface area (Å²) in [5.74, 6) is -2.52. The van der Waals surface area contributed by atoms with E-state index in [2.05, 4.69) is 20.2 Å². The molecule has 1 amide bonds. The Morgan fingerprint density at radius 3 is 2.58 bits per heavy atom. The average molecular weight is 490 g/mol. The first-order valence-electron chi connectivity index (χ1n) is 9.56. The highest BCUT2D eigenvalue weighted by Gasteiger charge is 2.17. The number of thioether (sulfide) groups is 1. The van der Waals surface area contributed by atoms with E-state index in [1.165, 1.54) is 48.5 Å². The van der Waals surface area contributed by atoms with E-state index >= 15 is 0 Å². The molecular formula is C21H17F2N5O3S2. The second-order valence-corrected chi connectivity index (χ2v) is 9.51. The molecule has 0 fully saturated rings. The molecule has 0 aliphatic heterocycles. The molecule has 4 aromatic rings. The standard InChI is InChI=1S/C21H17F2N5O3S2/c22-21(23)32-16-9-7-15(8-10-16)27-33(30,31)17-5-3-4-14(12-17)20(29)24-13-19-26-25-18-6-1-2-11-28(18)19/h1-12,21,27H,13H2,(H,24,29). The molecular weight excluding hydrogens is 472 g/mol.